The van der Waals surface area contributed by atoms with Crippen molar-refractivity contribution in [2.24, 2.45) is 5.92 Å². The highest BCUT2D eigenvalue weighted by atomic mass is 35.5. The zero-order chi connectivity index (χ0) is 19.7. The number of H-pyrrole nitrogens is 1. The summed E-state index contributed by atoms with van der Waals surface area (Å²) in [4.78, 5) is 34.9. The van der Waals surface area contributed by atoms with Gasteiger partial charge in [-0.1, -0.05) is 11.6 Å². The highest BCUT2D eigenvalue weighted by Gasteiger charge is 2.34. The fraction of sp³-hybridized carbons (Fsp3) is 0.278. The van der Waals surface area contributed by atoms with Gasteiger partial charge in [-0.05, 0) is 25.0 Å². The zero-order valence-electron chi connectivity index (χ0n) is 15.0. The summed E-state index contributed by atoms with van der Waals surface area (Å²) in [5, 5.41) is 10.5. The van der Waals surface area contributed by atoms with Crippen molar-refractivity contribution in [1.82, 2.24) is 30.0 Å². The second-order valence-corrected chi connectivity index (χ2v) is 6.98. The number of carbonyl (C=O) groups is 1. The topological polar surface area (TPSA) is 118 Å². The second kappa shape index (κ2) is 7.43. The van der Waals surface area contributed by atoms with Crippen LogP contribution in [0.25, 0.3) is 16.9 Å². The summed E-state index contributed by atoms with van der Waals surface area (Å²) in [6, 6.07) is 3.54. The molecule has 3 heterocycles. The van der Waals surface area contributed by atoms with E-state index >= 15 is 0 Å². The van der Waals surface area contributed by atoms with Gasteiger partial charge in [0, 0.05) is 37.0 Å². The van der Waals surface area contributed by atoms with Crippen molar-refractivity contribution in [2.45, 2.75) is 18.9 Å². The van der Waals surface area contributed by atoms with Gasteiger partial charge in [0.15, 0.2) is 0 Å². The van der Waals surface area contributed by atoms with Gasteiger partial charge in [0.25, 0.3) is 5.56 Å². The van der Waals surface area contributed by atoms with E-state index in [-0.39, 0.29) is 23.4 Å². The number of amides is 1. The Bertz CT molecular complexity index is 1070. The van der Waals surface area contributed by atoms with Crippen molar-refractivity contribution in [3.63, 3.8) is 0 Å². The van der Waals surface area contributed by atoms with Crippen molar-refractivity contribution in [1.29, 1.82) is 0 Å². The van der Waals surface area contributed by atoms with E-state index in [4.69, 9.17) is 11.6 Å². The van der Waals surface area contributed by atoms with E-state index in [1.165, 1.54) is 10.9 Å². The van der Waals surface area contributed by atoms with Gasteiger partial charge in [-0.3, -0.25) is 9.59 Å². The number of pyridine rings is 1. The van der Waals surface area contributed by atoms with E-state index in [1.54, 1.807) is 37.8 Å². The number of aromatic nitrogens is 5. The minimum absolute atomic E-state index is 0.0245. The van der Waals surface area contributed by atoms with Crippen LogP contribution in [0.5, 0.6) is 0 Å². The molecule has 4 rings (SSSR count). The number of carbonyl (C=O) groups excluding carboxylic acids is 1. The standard InChI is InChI=1S/C18H18ClN7O2/c1-20-16(27)10-5-12(6-10)24-18-22-8-13(19)15(25-18)11-7-23-26(9-11)14-3-2-4-21-17(14)28/h2-4,7-10,12H,5-6H2,1H3,(H,20,27)(H,21,28)(H,22,24,25)/t10-,12-. The van der Waals surface area contributed by atoms with E-state index < -0.39 is 0 Å². The van der Waals surface area contributed by atoms with Crippen LogP contribution in [0.4, 0.5) is 5.95 Å². The summed E-state index contributed by atoms with van der Waals surface area (Å²) in [6.07, 6.45) is 7.83. The average Bonchev–Trinajstić information content (AvgIpc) is 3.15. The third kappa shape index (κ3) is 3.48. The van der Waals surface area contributed by atoms with Crippen LogP contribution in [0.15, 0.2) is 41.7 Å². The van der Waals surface area contributed by atoms with Crippen molar-refractivity contribution >= 4 is 23.5 Å². The molecule has 0 aromatic carbocycles. The first-order chi connectivity index (χ1) is 13.5. The van der Waals surface area contributed by atoms with Gasteiger partial charge in [0.1, 0.15) is 5.69 Å². The maximum absolute atomic E-state index is 11.9. The molecule has 3 aromatic heterocycles. The quantitative estimate of drug-likeness (QED) is 0.600. The average molecular weight is 400 g/mol. The Hall–Kier alpha value is -3.20. The summed E-state index contributed by atoms with van der Waals surface area (Å²) in [7, 11) is 1.64. The Balaban J connectivity index is 1.53. The summed E-state index contributed by atoms with van der Waals surface area (Å²) >= 11 is 6.27. The van der Waals surface area contributed by atoms with Gasteiger partial charge < -0.3 is 15.6 Å². The van der Waals surface area contributed by atoms with Gasteiger partial charge in [0.2, 0.25) is 11.9 Å². The lowest BCUT2D eigenvalue weighted by atomic mass is 9.80. The zero-order valence-corrected chi connectivity index (χ0v) is 15.8. The molecule has 0 saturated heterocycles. The maximum Gasteiger partial charge on any atom is 0.273 e. The van der Waals surface area contributed by atoms with Crippen LogP contribution in [0.3, 0.4) is 0 Å². The molecule has 0 atom stereocenters. The molecule has 3 N–H and O–H groups in total. The van der Waals surface area contributed by atoms with E-state index in [9.17, 15) is 9.59 Å². The number of hydrogen-bond acceptors (Lipinski definition) is 6. The summed E-state index contributed by atoms with van der Waals surface area (Å²) in [6.45, 7) is 0. The SMILES string of the molecule is CNC(=O)[C@H]1C[C@H](Nc2ncc(Cl)c(-c3cnn(-c4ccc[nH]c4=O)c3)n2)C1. The number of nitrogens with one attached hydrogen (secondary N) is 3. The van der Waals surface area contributed by atoms with Gasteiger partial charge in [-0.25, -0.2) is 14.6 Å². The molecule has 0 bridgehead atoms. The van der Waals surface area contributed by atoms with Gasteiger partial charge in [0.05, 0.1) is 23.1 Å². The number of hydrogen-bond donors (Lipinski definition) is 3. The minimum Gasteiger partial charge on any atom is -0.359 e. The van der Waals surface area contributed by atoms with Crippen molar-refractivity contribution in [3.8, 4) is 16.9 Å². The highest BCUT2D eigenvalue weighted by Crippen LogP contribution is 2.31. The van der Waals surface area contributed by atoms with Crippen LogP contribution in [0, 0.1) is 5.92 Å². The van der Waals surface area contributed by atoms with E-state index in [0.29, 0.717) is 27.9 Å². The molecule has 1 aliphatic rings. The molecular weight excluding hydrogens is 382 g/mol. The lowest BCUT2D eigenvalue weighted by Crippen LogP contribution is -2.43. The molecule has 10 heteroatoms. The molecule has 9 nitrogen and oxygen atoms in total. The smallest absolute Gasteiger partial charge is 0.273 e. The summed E-state index contributed by atoms with van der Waals surface area (Å²) in [5.41, 5.74) is 1.33. The van der Waals surface area contributed by atoms with Gasteiger partial charge in [-0.2, -0.15) is 5.10 Å². The number of nitrogens with zero attached hydrogens (tertiary/aromatic N) is 4. The summed E-state index contributed by atoms with van der Waals surface area (Å²) < 4.78 is 1.47. The van der Waals surface area contributed by atoms with Crippen LogP contribution < -0.4 is 16.2 Å². The third-order valence-electron chi connectivity index (χ3n) is 4.73. The molecule has 1 fully saturated rings. The second-order valence-electron chi connectivity index (χ2n) is 6.57. The van der Waals surface area contributed by atoms with Crippen LogP contribution >= 0.6 is 11.6 Å². The predicted molar refractivity (Wildman–Crippen MR) is 104 cm³/mol. The molecule has 0 aliphatic heterocycles. The first kappa shape index (κ1) is 18.2. The fourth-order valence-corrected chi connectivity index (χ4v) is 3.35. The van der Waals surface area contributed by atoms with Crippen molar-refractivity contribution in [2.75, 3.05) is 12.4 Å². The lowest BCUT2D eigenvalue weighted by Gasteiger charge is -2.34. The van der Waals surface area contributed by atoms with Crippen molar-refractivity contribution in [3.05, 3.63) is 52.3 Å². The minimum atomic E-state index is -0.246. The number of rotatable bonds is 5. The Kier molecular flexibility index (Phi) is 4.82. The molecule has 144 valence electrons. The van der Waals surface area contributed by atoms with Crippen LogP contribution in [-0.2, 0) is 4.79 Å². The Labute approximate surface area is 165 Å². The highest BCUT2D eigenvalue weighted by molar-refractivity contribution is 6.32. The molecule has 28 heavy (non-hydrogen) atoms. The first-order valence-corrected chi connectivity index (χ1v) is 9.16. The molecular formula is C18H18ClN7O2. The van der Waals surface area contributed by atoms with Gasteiger partial charge in [-0.15, -0.1) is 0 Å². The fourth-order valence-electron chi connectivity index (χ4n) is 3.15. The van der Waals surface area contributed by atoms with E-state index in [0.717, 1.165) is 12.8 Å². The largest absolute Gasteiger partial charge is 0.359 e. The van der Waals surface area contributed by atoms with E-state index in [1.807, 2.05) is 0 Å². The van der Waals surface area contributed by atoms with Gasteiger partial charge >= 0.3 is 0 Å². The van der Waals surface area contributed by atoms with E-state index in [2.05, 4.69) is 30.7 Å². The molecule has 3 aromatic rings. The molecule has 1 amide bonds. The first-order valence-electron chi connectivity index (χ1n) is 8.79. The molecule has 0 radical (unpaired) electrons. The number of aromatic amines is 1. The van der Waals surface area contributed by atoms with Crippen LogP contribution in [0.1, 0.15) is 12.8 Å². The Morgan fingerprint density at radius 3 is 2.93 bits per heavy atom. The monoisotopic (exact) mass is 399 g/mol. The lowest BCUT2D eigenvalue weighted by molar-refractivity contribution is -0.127. The molecule has 0 spiro atoms. The van der Waals surface area contributed by atoms with Crippen LogP contribution in [0.2, 0.25) is 5.02 Å². The molecule has 1 aliphatic carbocycles. The maximum atomic E-state index is 11.9. The van der Waals surface area contributed by atoms with Crippen LogP contribution in [-0.4, -0.2) is 43.7 Å². The summed E-state index contributed by atoms with van der Waals surface area (Å²) in [5.74, 6) is 0.514. The normalized spacial score (nSPS) is 18.4. The predicted octanol–water partition coefficient (Wildman–Crippen LogP) is 1.61. The Morgan fingerprint density at radius 2 is 2.18 bits per heavy atom. The number of halogens is 1. The van der Waals surface area contributed by atoms with Crippen molar-refractivity contribution < 1.29 is 4.79 Å². The number of anilines is 1. The Morgan fingerprint density at radius 1 is 1.36 bits per heavy atom. The third-order valence-corrected chi connectivity index (χ3v) is 5.01. The molecule has 1 saturated carbocycles. The molecule has 0 unspecified atom stereocenters.